The molecule has 0 bridgehead atoms. The van der Waals surface area contributed by atoms with Gasteiger partial charge in [0.2, 0.25) is 0 Å². The Kier molecular flexibility index (Phi) is 6.59. The summed E-state index contributed by atoms with van der Waals surface area (Å²) in [5, 5.41) is 0. The zero-order chi connectivity index (χ0) is 12.7. The van der Waals surface area contributed by atoms with Crippen LogP contribution in [0, 0.1) is 12.3 Å². The third kappa shape index (κ3) is 7.64. The van der Waals surface area contributed by atoms with Crippen LogP contribution in [0.15, 0.2) is 0 Å². The predicted octanol–water partition coefficient (Wildman–Crippen LogP) is -0.278. The van der Waals surface area contributed by atoms with Gasteiger partial charge in [0.25, 0.3) is 20.2 Å². The van der Waals surface area contributed by atoms with Gasteiger partial charge in [-0.1, -0.05) is 5.92 Å². The van der Waals surface area contributed by atoms with Gasteiger partial charge in [-0.3, -0.25) is 8.37 Å². The Bertz CT molecular complexity index is 428. The van der Waals surface area contributed by atoms with Crippen molar-refractivity contribution in [3.8, 4) is 12.3 Å². The summed E-state index contributed by atoms with van der Waals surface area (Å²) in [7, 11) is -6.11. The second kappa shape index (κ2) is 6.85. The molecule has 0 spiro atoms. The highest BCUT2D eigenvalue weighted by molar-refractivity contribution is 7.87. The van der Waals surface area contributed by atoms with Gasteiger partial charge in [-0.25, -0.2) is 0 Å². The lowest BCUT2D eigenvalue weighted by atomic mass is 10.4. The average molecular weight is 270 g/mol. The molecule has 0 aliphatic carbocycles. The summed E-state index contributed by atoms with van der Waals surface area (Å²) >= 11 is 0. The molecular formula is C8H14O6S2. The average Bonchev–Trinajstić information content (AvgIpc) is 2.22. The molecule has 0 aromatic carbocycles. The summed E-state index contributed by atoms with van der Waals surface area (Å²) in [5.74, 6) is 1.56. The maximum atomic E-state index is 11.1. The van der Waals surface area contributed by atoms with Crippen LogP contribution in [-0.4, -0.2) is 42.1 Å². The van der Waals surface area contributed by atoms with E-state index < -0.39 is 20.2 Å². The molecule has 0 saturated heterocycles. The third-order valence-corrected chi connectivity index (χ3v) is 4.18. The number of unbranched alkanes of at least 4 members (excludes halogenated alkanes) is 1. The van der Waals surface area contributed by atoms with Crippen LogP contribution in [0.1, 0.15) is 12.8 Å². The van der Waals surface area contributed by atoms with Gasteiger partial charge in [0.1, 0.15) is 6.61 Å². The van der Waals surface area contributed by atoms with Gasteiger partial charge >= 0.3 is 0 Å². The van der Waals surface area contributed by atoms with Crippen molar-refractivity contribution in [2.45, 2.75) is 12.8 Å². The van der Waals surface area contributed by atoms with Crippen molar-refractivity contribution in [3.63, 3.8) is 0 Å². The van der Waals surface area contributed by atoms with E-state index in [-0.39, 0.29) is 31.0 Å². The highest BCUT2D eigenvalue weighted by Crippen LogP contribution is 2.02. The molecule has 0 rings (SSSR count). The highest BCUT2D eigenvalue weighted by Gasteiger charge is 2.12. The molecular weight excluding hydrogens is 256 g/mol. The smallest absolute Gasteiger partial charge is 0.268 e. The Balaban J connectivity index is 3.88. The van der Waals surface area contributed by atoms with Crippen molar-refractivity contribution in [3.05, 3.63) is 0 Å². The first-order chi connectivity index (χ1) is 7.33. The minimum absolute atomic E-state index is 0.176. The second-order valence-electron chi connectivity index (χ2n) is 2.86. The Morgan fingerprint density at radius 3 is 2.00 bits per heavy atom. The van der Waals surface area contributed by atoms with Gasteiger partial charge in [0.05, 0.1) is 18.6 Å². The fourth-order valence-corrected chi connectivity index (χ4v) is 2.47. The monoisotopic (exact) mass is 270 g/mol. The Morgan fingerprint density at radius 2 is 1.56 bits per heavy atom. The summed E-state index contributed by atoms with van der Waals surface area (Å²) in [6, 6.07) is 0. The highest BCUT2D eigenvalue weighted by atomic mass is 32.2. The molecule has 0 unspecified atom stereocenters. The SMILES string of the molecule is C#CCOS(=O)(=O)CCCCS(=O)(=O)OC. The Labute approximate surface area is 96.2 Å². The Morgan fingerprint density at radius 1 is 1.06 bits per heavy atom. The maximum absolute atomic E-state index is 11.1. The van der Waals surface area contributed by atoms with E-state index in [0.29, 0.717) is 0 Å². The molecule has 0 heterocycles. The zero-order valence-electron chi connectivity index (χ0n) is 8.88. The van der Waals surface area contributed by atoms with E-state index in [1.165, 1.54) is 0 Å². The largest absolute Gasteiger partial charge is 0.273 e. The lowest BCUT2D eigenvalue weighted by Gasteiger charge is -2.03. The van der Waals surface area contributed by atoms with E-state index in [1.54, 1.807) is 0 Å². The van der Waals surface area contributed by atoms with Crippen molar-refractivity contribution in [1.29, 1.82) is 0 Å². The van der Waals surface area contributed by atoms with Crippen molar-refractivity contribution in [1.82, 2.24) is 0 Å². The molecule has 0 aliphatic heterocycles. The van der Waals surface area contributed by atoms with Gasteiger partial charge < -0.3 is 0 Å². The number of hydrogen-bond acceptors (Lipinski definition) is 6. The second-order valence-corrected chi connectivity index (χ2v) is 6.48. The van der Waals surface area contributed by atoms with Crippen LogP contribution in [0.2, 0.25) is 0 Å². The topological polar surface area (TPSA) is 86.7 Å². The number of rotatable bonds is 8. The van der Waals surface area contributed by atoms with Gasteiger partial charge in [-0.05, 0) is 12.8 Å². The molecule has 94 valence electrons. The van der Waals surface area contributed by atoms with E-state index in [4.69, 9.17) is 6.42 Å². The minimum atomic E-state index is -3.65. The first kappa shape index (κ1) is 15.4. The standard InChI is InChI=1S/C8H14O6S2/c1-3-6-14-16(11,12)8-5-4-7-15(9,10)13-2/h1H,4-8H2,2H3. The lowest BCUT2D eigenvalue weighted by molar-refractivity contribution is 0.362. The number of hydrogen-bond donors (Lipinski definition) is 0. The van der Waals surface area contributed by atoms with Crippen LogP contribution in [-0.2, 0) is 28.6 Å². The van der Waals surface area contributed by atoms with Crippen LogP contribution in [0.4, 0.5) is 0 Å². The normalized spacial score (nSPS) is 12.2. The molecule has 6 nitrogen and oxygen atoms in total. The third-order valence-electron chi connectivity index (χ3n) is 1.61. The van der Waals surface area contributed by atoms with Crippen LogP contribution < -0.4 is 0 Å². The summed E-state index contributed by atoms with van der Waals surface area (Å²) in [5.41, 5.74) is 0. The van der Waals surface area contributed by atoms with E-state index >= 15 is 0 Å². The maximum Gasteiger partial charge on any atom is 0.268 e. The summed E-state index contributed by atoms with van der Waals surface area (Å²) in [4.78, 5) is 0. The zero-order valence-corrected chi connectivity index (χ0v) is 10.5. The molecule has 0 atom stereocenters. The van der Waals surface area contributed by atoms with Crippen LogP contribution in [0.25, 0.3) is 0 Å². The molecule has 8 heteroatoms. The molecule has 0 N–H and O–H groups in total. The van der Waals surface area contributed by atoms with Crippen molar-refractivity contribution >= 4 is 20.2 Å². The van der Waals surface area contributed by atoms with Crippen LogP contribution in [0.3, 0.4) is 0 Å². The molecule has 0 saturated carbocycles. The van der Waals surface area contributed by atoms with Gasteiger partial charge in [-0.2, -0.15) is 16.8 Å². The van der Waals surface area contributed by atoms with E-state index in [9.17, 15) is 16.8 Å². The fourth-order valence-electron chi connectivity index (χ4n) is 0.824. The fraction of sp³-hybridized carbons (Fsp3) is 0.750. The van der Waals surface area contributed by atoms with E-state index in [1.807, 2.05) is 5.92 Å². The van der Waals surface area contributed by atoms with E-state index in [2.05, 4.69) is 8.37 Å². The summed E-state index contributed by atoms with van der Waals surface area (Å²) in [6.07, 6.45) is 5.20. The molecule has 0 fully saturated rings. The molecule has 0 aromatic rings. The predicted molar refractivity (Wildman–Crippen MR) is 58.6 cm³/mol. The molecule has 0 radical (unpaired) electrons. The van der Waals surface area contributed by atoms with Gasteiger partial charge in [0, 0.05) is 0 Å². The van der Waals surface area contributed by atoms with Gasteiger partial charge in [-0.15, -0.1) is 6.42 Å². The number of terminal acetylenes is 1. The molecule has 0 aromatic heterocycles. The molecule has 0 amide bonds. The van der Waals surface area contributed by atoms with E-state index in [0.717, 1.165) is 7.11 Å². The van der Waals surface area contributed by atoms with Crippen molar-refractivity contribution in [2.75, 3.05) is 25.2 Å². The summed E-state index contributed by atoms with van der Waals surface area (Å²) in [6.45, 7) is -0.307. The first-order valence-corrected chi connectivity index (χ1v) is 7.57. The van der Waals surface area contributed by atoms with Crippen LogP contribution in [0.5, 0.6) is 0 Å². The Hall–Kier alpha value is -0.620. The first-order valence-electron chi connectivity index (χ1n) is 4.42. The lowest BCUT2D eigenvalue weighted by Crippen LogP contribution is -2.13. The molecule has 0 aliphatic rings. The van der Waals surface area contributed by atoms with Crippen molar-refractivity contribution < 1.29 is 25.2 Å². The van der Waals surface area contributed by atoms with Gasteiger partial charge in [0.15, 0.2) is 0 Å². The van der Waals surface area contributed by atoms with Crippen molar-refractivity contribution in [2.24, 2.45) is 0 Å². The van der Waals surface area contributed by atoms with Crippen LogP contribution >= 0.6 is 0 Å². The molecule has 16 heavy (non-hydrogen) atoms. The summed E-state index contributed by atoms with van der Waals surface area (Å²) < 4.78 is 52.5. The minimum Gasteiger partial charge on any atom is -0.273 e. The quantitative estimate of drug-likeness (QED) is 0.342.